The summed E-state index contributed by atoms with van der Waals surface area (Å²) >= 11 is 13.1. The van der Waals surface area contributed by atoms with Crippen molar-refractivity contribution in [1.29, 1.82) is 0 Å². The quantitative estimate of drug-likeness (QED) is 0.823. The van der Waals surface area contributed by atoms with Crippen LogP contribution in [0.3, 0.4) is 0 Å². The predicted octanol–water partition coefficient (Wildman–Crippen LogP) is 4.22. The van der Waals surface area contributed by atoms with E-state index in [2.05, 4.69) is 10.3 Å². The number of carbonyl (C=O) groups is 1. The molecule has 1 saturated heterocycles. The van der Waals surface area contributed by atoms with E-state index < -0.39 is 0 Å². The Morgan fingerprint density at radius 2 is 2.09 bits per heavy atom. The molecular formula is C15H11Cl2N3OS. The summed E-state index contributed by atoms with van der Waals surface area (Å²) in [5.41, 5.74) is 1.59. The van der Waals surface area contributed by atoms with Crippen LogP contribution in [0, 0.1) is 0 Å². The van der Waals surface area contributed by atoms with E-state index in [1.165, 1.54) is 11.8 Å². The van der Waals surface area contributed by atoms with E-state index in [1.807, 2.05) is 36.0 Å². The van der Waals surface area contributed by atoms with Crippen LogP contribution >= 0.6 is 35.0 Å². The van der Waals surface area contributed by atoms with Gasteiger partial charge >= 0.3 is 0 Å². The van der Waals surface area contributed by atoms with E-state index in [4.69, 9.17) is 23.2 Å². The Morgan fingerprint density at radius 3 is 2.77 bits per heavy atom. The van der Waals surface area contributed by atoms with E-state index in [1.54, 1.807) is 18.2 Å². The van der Waals surface area contributed by atoms with Crippen molar-refractivity contribution in [2.75, 3.05) is 0 Å². The lowest BCUT2D eigenvalue weighted by Gasteiger charge is -1.99. The number of amides is 1. The molecule has 1 aromatic heterocycles. The van der Waals surface area contributed by atoms with Gasteiger partial charge < -0.3 is 9.88 Å². The number of hydrogen-bond donors (Lipinski definition) is 1. The zero-order valence-corrected chi connectivity index (χ0v) is 13.8. The molecule has 1 aliphatic heterocycles. The van der Waals surface area contributed by atoms with Gasteiger partial charge in [0.05, 0.1) is 20.6 Å². The zero-order valence-electron chi connectivity index (χ0n) is 11.5. The molecule has 2 heterocycles. The highest BCUT2D eigenvalue weighted by molar-refractivity contribution is 8.18. The van der Waals surface area contributed by atoms with Gasteiger partial charge in [-0.05, 0) is 48.2 Å². The summed E-state index contributed by atoms with van der Waals surface area (Å²) in [4.78, 5) is 17.0. The summed E-state index contributed by atoms with van der Waals surface area (Å²) in [6.07, 6.45) is 3.76. The number of aliphatic imine (C=N–C) groups is 1. The number of amidine groups is 1. The molecule has 4 nitrogen and oxygen atoms in total. The van der Waals surface area contributed by atoms with Gasteiger partial charge in [0.2, 0.25) is 0 Å². The number of thioether (sulfide) groups is 1. The lowest BCUT2D eigenvalue weighted by Crippen LogP contribution is -2.19. The van der Waals surface area contributed by atoms with Gasteiger partial charge in [0.1, 0.15) is 0 Å². The zero-order chi connectivity index (χ0) is 15.7. The normalized spacial score (nSPS) is 18.2. The van der Waals surface area contributed by atoms with Gasteiger partial charge in [-0.15, -0.1) is 0 Å². The van der Waals surface area contributed by atoms with E-state index in [-0.39, 0.29) is 5.91 Å². The highest BCUT2D eigenvalue weighted by atomic mass is 35.5. The highest BCUT2D eigenvalue weighted by Gasteiger charge is 2.24. The van der Waals surface area contributed by atoms with Crippen molar-refractivity contribution in [1.82, 2.24) is 9.88 Å². The van der Waals surface area contributed by atoms with Crippen LogP contribution in [-0.2, 0) is 11.8 Å². The maximum atomic E-state index is 12.0. The number of carbonyl (C=O) groups excluding carboxylic acids is 1. The van der Waals surface area contributed by atoms with E-state index >= 15 is 0 Å². The Morgan fingerprint density at radius 1 is 1.27 bits per heavy atom. The van der Waals surface area contributed by atoms with E-state index in [9.17, 15) is 4.79 Å². The fourth-order valence-electron chi connectivity index (χ4n) is 1.91. The van der Waals surface area contributed by atoms with Gasteiger partial charge in [0, 0.05) is 18.9 Å². The van der Waals surface area contributed by atoms with Crippen LogP contribution in [-0.4, -0.2) is 15.6 Å². The Balaban J connectivity index is 1.85. The molecule has 0 unspecified atom stereocenters. The summed E-state index contributed by atoms with van der Waals surface area (Å²) in [6.45, 7) is 0. The van der Waals surface area contributed by atoms with Gasteiger partial charge in [0.15, 0.2) is 5.17 Å². The number of halogens is 2. The van der Waals surface area contributed by atoms with Gasteiger partial charge in [-0.3, -0.25) is 4.79 Å². The first-order valence-electron chi connectivity index (χ1n) is 6.39. The maximum absolute atomic E-state index is 12.0. The number of benzene rings is 1. The molecular weight excluding hydrogens is 341 g/mol. The maximum Gasteiger partial charge on any atom is 0.264 e. The monoisotopic (exact) mass is 351 g/mol. The summed E-state index contributed by atoms with van der Waals surface area (Å²) in [5, 5.41) is 4.15. The Kier molecular flexibility index (Phi) is 4.29. The van der Waals surface area contributed by atoms with E-state index in [0.29, 0.717) is 25.8 Å². The van der Waals surface area contributed by atoms with Crippen LogP contribution < -0.4 is 5.32 Å². The predicted molar refractivity (Wildman–Crippen MR) is 92.7 cm³/mol. The first-order valence-corrected chi connectivity index (χ1v) is 7.96. The number of rotatable bonds is 2. The van der Waals surface area contributed by atoms with Crippen LogP contribution in [0.1, 0.15) is 5.69 Å². The average molecular weight is 352 g/mol. The fourth-order valence-corrected chi connectivity index (χ4v) is 3.03. The van der Waals surface area contributed by atoms with Gasteiger partial charge in [-0.1, -0.05) is 23.2 Å². The molecule has 112 valence electrons. The number of nitrogens with zero attached hydrogens (tertiary/aromatic N) is 2. The lowest BCUT2D eigenvalue weighted by atomic mass is 10.3. The van der Waals surface area contributed by atoms with Gasteiger partial charge in [0.25, 0.3) is 5.91 Å². The van der Waals surface area contributed by atoms with Crippen LogP contribution in [0.15, 0.2) is 46.4 Å². The first kappa shape index (κ1) is 15.2. The van der Waals surface area contributed by atoms with Crippen molar-refractivity contribution < 1.29 is 4.79 Å². The van der Waals surface area contributed by atoms with Gasteiger partial charge in [-0.2, -0.15) is 0 Å². The third-order valence-electron chi connectivity index (χ3n) is 3.05. The van der Waals surface area contributed by atoms with Crippen molar-refractivity contribution in [3.8, 4) is 0 Å². The van der Waals surface area contributed by atoms with E-state index in [0.717, 1.165) is 5.69 Å². The van der Waals surface area contributed by atoms with Gasteiger partial charge in [-0.25, -0.2) is 4.99 Å². The largest absolute Gasteiger partial charge is 0.351 e. The second-order valence-corrected chi connectivity index (χ2v) is 6.47. The van der Waals surface area contributed by atoms with Crippen molar-refractivity contribution in [2.24, 2.45) is 12.0 Å². The molecule has 0 spiro atoms. The average Bonchev–Trinajstić information content (AvgIpc) is 3.02. The summed E-state index contributed by atoms with van der Waals surface area (Å²) in [6, 6.07) is 8.93. The number of nitrogens with one attached hydrogen (secondary N) is 1. The molecule has 22 heavy (non-hydrogen) atoms. The summed E-state index contributed by atoms with van der Waals surface area (Å²) in [7, 11) is 1.93. The summed E-state index contributed by atoms with van der Waals surface area (Å²) < 4.78 is 1.94. The molecule has 1 amide bonds. The minimum atomic E-state index is -0.162. The fraction of sp³-hybridized carbons (Fsp3) is 0.0667. The third-order valence-corrected chi connectivity index (χ3v) is 4.70. The smallest absolute Gasteiger partial charge is 0.264 e. The molecule has 2 aromatic rings. The van der Waals surface area contributed by atoms with Crippen molar-refractivity contribution >= 4 is 57.8 Å². The molecule has 0 bridgehead atoms. The molecule has 1 aliphatic rings. The topological polar surface area (TPSA) is 46.4 Å². The summed E-state index contributed by atoms with van der Waals surface area (Å²) in [5.74, 6) is -0.162. The number of hydrogen-bond acceptors (Lipinski definition) is 3. The lowest BCUT2D eigenvalue weighted by molar-refractivity contribution is -0.115. The molecule has 0 radical (unpaired) electrons. The van der Waals surface area contributed by atoms with Crippen molar-refractivity contribution in [2.45, 2.75) is 0 Å². The standard InChI is InChI=1S/C15H11Cl2N3OS/c1-20-6-2-3-10(20)8-13-14(21)19-15(22-13)18-9-4-5-11(16)12(17)7-9/h2-8H,1H3,(H,18,19,21)/b13-8+. The van der Waals surface area contributed by atoms with Crippen molar-refractivity contribution in [3.05, 3.63) is 57.2 Å². The van der Waals surface area contributed by atoms with Crippen molar-refractivity contribution in [3.63, 3.8) is 0 Å². The number of aromatic nitrogens is 1. The molecule has 1 aromatic carbocycles. The van der Waals surface area contributed by atoms with Crippen LogP contribution in [0.2, 0.25) is 10.0 Å². The second kappa shape index (κ2) is 6.20. The van der Waals surface area contributed by atoms with Crippen LogP contribution in [0.5, 0.6) is 0 Å². The molecule has 1 N–H and O–H groups in total. The molecule has 0 saturated carbocycles. The second-order valence-electron chi connectivity index (χ2n) is 4.62. The number of aryl methyl sites for hydroxylation is 1. The Hall–Kier alpha value is -1.69. The molecule has 7 heteroatoms. The minimum absolute atomic E-state index is 0.162. The Bertz CT molecular complexity index is 811. The highest BCUT2D eigenvalue weighted by Crippen LogP contribution is 2.30. The van der Waals surface area contributed by atoms with Crippen LogP contribution in [0.4, 0.5) is 5.69 Å². The molecule has 0 atom stereocenters. The molecule has 1 fully saturated rings. The molecule has 0 aliphatic carbocycles. The van der Waals surface area contributed by atoms with Crippen LogP contribution in [0.25, 0.3) is 6.08 Å². The minimum Gasteiger partial charge on any atom is -0.351 e. The SMILES string of the molecule is Cn1cccc1/C=C1/SC(=Nc2ccc(Cl)c(Cl)c2)NC1=O. The first-order chi connectivity index (χ1) is 10.5. The third kappa shape index (κ3) is 3.21. The molecule has 3 rings (SSSR count). The Labute approximate surface area is 141 Å².